The smallest absolute Gasteiger partial charge is 0.408 e. The minimum absolute atomic E-state index is 0.0283. The molecule has 0 aliphatic heterocycles. The minimum atomic E-state index is -1.31. The molecule has 0 radical (unpaired) electrons. The van der Waals surface area contributed by atoms with Gasteiger partial charge in [-0.05, 0) is 16.2 Å². The van der Waals surface area contributed by atoms with Crippen LogP contribution in [-0.4, -0.2) is 29.8 Å². The number of nitrogens with zero attached hydrogens (tertiary/aromatic N) is 3. The molecule has 2 N–H and O–H groups in total. The van der Waals surface area contributed by atoms with Gasteiger partial charge in [0.2, 0.25) is 5.91 Å². The summed E-state index contributed by atoms with van der Waals surface area (Å²) >= 11 is 0. The van der Waals surface area contributed by atoms with Gasteiger partial charge < -0.3 is 15.2 Å². The molecule has 0 spiro atoms. The van der Waals surface area contributed by atoms with Crippen LogP contribution < -0.4 is 5.32 Å². The van der Waals surface area contributed by atoms with Crippen LogP contribution in [-0.2, 0) is 16.1 Å². The Kier molecular flexibility index (Phi) is 5.87. The van der Waals surface area contributed by atoms with Gasteiger partial charge in [0.1, 0.15) is 12.6 Å². The van der Waals surface area contributed by atoms with Crippen molar-refractivity contribution in [3.8, 4) is 0 Å². The third kappa shape index (κ3) is 5.07. The molecule has 1 aromatic carbocycles. The number of carbonyl (C=O) groups excluding carboxylic acids is 2. The van der Waals surface area contributed by atoms with E-state index in [4.69, 9.17) is 15.4 Å². The number of carbonyl (C=O) groups is 2. The summed E-state index contributed by atoms with van der Waals surface area (Å²) in [7, 11) is 0. The zero-order chi connectivity index (χ0) is 14.1. The van der Waals surface area contributed by atoms with Crippen LogP contribution in [0.3, 0.4) is 0 Å². The fourth-order valence-electron chi connectivity index (χ4n) is 1.21. The molecule has 1 atom stereocenters. The van der Waals surface area contributed by atoms with Gasteiger partial charge in [-0.3, -0.25) is 4.79 Å². The second kappa shape index (κ2) is 7.70. The zero-order valence-corrected chi connectivity index (χ0v) is 9.89. The number of hydrogen-bond donors (Lipinski definition) is 2. The highest BCUT2D eigenvalue weighted by molar-refractivity contribution is 5.86. The predicted molar refractivity (Wildman–Crippen MR) is 64.8 cm³/mol. The van der Waals surface area contributed by atoms with Crippen molar-refractivity contribution in [1.82, 2.24) is 5.32 Å². The van der Waals surface area contributed by atoms with Crippen molar-refractivity contribution in [2.75, 3.05) is 6.61 Å². The van der Waals surface area contributed by atoms with Crippen molar-refractivity contribution in [2.45, 2.75) is 12.6 Å². The van der Waals surface area contributed by atoms with Gasteiger partial charge in [0, 0.05) is 4.91 Å². The number of aliphatic hydroxyl groups excluding tert-OH is 1. The molecule has 0 aliphatic rings. The molecule has 1 rings (SSSR count). The number of nitrogens with one attached hydrogen (secondary N) is 1. The van der Waals surface area contributed by atoms with Gasteiger partial charge >= 0.3 is 6.09 Å². The van der Waals surface area contributed by atoms with Crippen molar-refractivity contribution in [2.24, 2.45) is 5.11 Å². The van der Waals surface area contributed by atoms with Crippen LogP contribution in [0.4, 0.5) is 4.79 Å². The van der Waals surface area contributed by atoms with E-state index >= 15 is 0 Å². The van der Waals surface area contributed by atoms with E-state index < -0.39 is 24.6 Å². The summed E-state index contributed by atoms with van der Waals surface area (Å²) in [5, 5.41) is 13.8. The number of aliphatic hydroxyl groups is 1. The van der Waals surface area contributed by atoms with Gasteiger partial charge in [-0.25, -0.2) is 4.79 Å². The Bertz CT molecular complexity index is 485. The highest BCUT2D eigenvalue weighted by Crippen LogP contribution is 2.01. The molecule has 0 heterocycles. The van der Waals surface area contributed by atoms with Crippen molar-refractivity contribution < 1.29 is 19.4 Å². The standard InChI is InChI=1S/C11H12N4O4/c12-15-14-10(17)9(6-16)13-11(18)19-7-8-4-2-1-3-5-8/h1-5,9,16H,6-7H2,(H,13,18)/t9-/m0/s1. The Morgan fingerprint density at radius 1 is 1.42 bits per heavy atom. The average Bonchev–Trinajstić information content (AvgIpc) is 2.44. The topological polar surface area (TPSA) is 124 Å². The lowest BCUT2D eigenvalue weighted by atomic mass is 10.2. The Balaban J connectivity index is 2.45. The molecule has 0 fully saturated rings. The molecule has 0 aromatic heterocycles. The molecule has 1 aromatic rings. The van der Waals surface area contributed by atoms with E-state index in [2.05, 4.69) is 15.3 Å². The largest absolute Gasteiger partial charge is 0.445 e. The molecule has 0 bridgehead atoms. The van der Waals surface area contributed by atoms with Crippen LogP contribution in [0.25, 0.3) is 10.4 Å². The fraction of sp³-hybridized carbons (Fsp3) is 0.273. The Morgan fingerprint density at radius 2 is 2.11 bits per heavy atom. The summed E-state index contributed by atoms with van der Waals surface area (Å²) in [4.78, 5) is 24.8. The maximum absolute atomic E-state index is 11.4. The van der Waals surface area contributed by atoms with Gasteiger partial charge in [0.15, 0.2) is 0 Å². The number of azide groups is 1. The molecule has 8 nitrogen and oxygen atoms in total. The average molecular weight is 264 g/mol. The highest BCUT2D eigenvalue weighted by Gasteiger charge is 2.19. The predicted octanol–water partition coefficient (Wildman–Crippen LogP) is 1.11. The minimum Gasteiger partial charge on any atom is -0.445 e. The number of hydrogen-bond acceptors (Lipinski definition) is 4. The van der Waals surface area contributed by atoms with Gasteiger partial charge in [0.05, 0.1) is 6.61 Å². The monoisotopic (exact) mass is 264 g/mol. The van der Waals surface area contributed by atoms with E-state index in [1.807, 2.05) is 6.07 Å². The zero-order valence-electron chi connectivity index (χ0n) is 9.89. The maximum atomic E-state index is 11.4. The first kappa shape index (κ1) is 14.5. The summed E-state index contributed by atoms with van der Waals surface area (Å²) in [6, 6.07) is 7.63. The number of alkyl carbamates (subject to hydrolysis) is 1. The van der Waals surface area contributed by atoms with Gasteiger partial charge in [-0.2, -0.15) is 0 Å². The van der Waals surface area contributed by atoms with E-state index in [1.165, 1.54) is 0 Å². The molecular formula is C11H12N4O4. The van der Waals surface area contributed by atoms with Gasteiger partial charge in [-0.15, -0.1) is 0 Å². The lowest BCUT2D eigenvalue weighted by Crippen LogP contribution is -2.42. The number of amides is 2. The summed E-state index contributed by atoms with van der Waals surface area (Å²) < 4.78 is 4.84. The quantitative estimate of drug-likeness (QED) is 0.469. The lowest BCUT2D eigenvalue weighted by Gasteiger charge is -2.12. The van der Waals surface area contributed by atoms with Crippen molar-refractivity contribution >= 4 is 12.0 Å². The molecule has 0 saturated heterocycles. The third-order valence-corrected chi connectivity index (χ3v) is 2.13. The van der Waals surface area contributed by atoms with Crippen molar-refractivity contribution in [3.05, 3.63) is 46.3 Å². The molecule has 0 unspecified atom stereocenters. The van der Waals surface area contributed by atoms with Gasteiger partial charge in [0.25, 0.3) is 0 Å². The SMILES string of the molecule is [N-]=[N+]=NC(=O)[C@H](CO)NC(=O)OCc1ccccc1. The molecule has 2 amide bonds. The fourth-order valence-corrected chi connectivity index (χ4v) is 1.21. The first-order valence-corrected chi connectivity index (χ1v) is 5.34. The van der Waals surface area contributed by atoms with Gasteiger partial charge in [-0.1, -0.05) is 30.3 Å². The first-order chi connectivity index (χ1) is 9.17. The summed E-state index contributed by atoms with van der Waals surface area (Å²) in [5.41, 5.74) is 8.86. The number of benzene rings is 1. The van der Waals surface area contributed by atoms with Crippen LogP contribution in [0.15, 0.2) is 35.4 Å². The van der Waals surface area contributed by atoms with Crippen LogP contribution in [0.2, 0.25) is 0 Å². The Labute approximate surface area is 108 Å². The highest BCUT2D eigenvalue weighted by atomic mass is 16.5. The lowest BCUT2D eigenvalue weighted by molar-refractivity contribution is -0.120. The second-order valence-corrected chi connectivity index (χ2v) is 3.47. The summed E-state index contributed by atoms with van der Waals surface area (Å²) in [6.07, 6.45) is -0.885. The molecule has 0 aliphatic carbocycles. The number of ether oxygens (including phenoxy) is 1. The van der Waals surface area contributed by atoms with E-state index in [-0.39, 0.29) is 6.61 Å². The molecule has 19 heavy (non-hydrogen) atoms. The number of rotatable bonds is 5. The van der Waals surface area contributed by atoms with Crippen LogP contribution in [0.1, 0.15) is 5.56 Å². The first-order valence-electron chi connectivity index (χ1n) is 5.34. The molecule has 100 valence electrons. The normalized spacial score (nSPS) is 11.0. The molecule has 8 heteroatoms. The summed E-state index contributed by atoms with van der Waals surface area (Å²) in [5.74, 6) is -0.985. The third-order valence-electron chi connectivity index (χ3n) is 2.13. The molecule has 0 saturated carbocycles. The summed E-state index contributed by atoms with van der Waals surface area (Å²) in [6.45, 7) is -0.654. The molecular weight excluding hydrogens is 252 g/mol. The van der Waals surface area contributed by atoms with Crippen LogP contribution in [0.5, 0.6) is 0 Å². The second-order valence-electron chi connectivity index (χ2n) is 3.47. The van der Waals surface area contributed by atoms with Crippen molar-refractivity contribution in [1.29, 1.82) is 0 Å². The Hall–Kier alpha value is -2.57. The van der Waals surface area contributed by atoms with Crippen molar-refractivity contribution in [3.63, 3.8) is 0 Å². The van der Waals surface area contributed by atoms with E-state index in [0.717, 1.165) is 5.56 Å². The maximum Gasteiger partial charge on any atom is 0.408 e. The van der Waals surface area contributed by atoms with E-state index in [0.29, 0.717) is 0 Å². The van der Waals surface area contributed by atoms with E-state index in [1.54, 1.807) is 24.3 Å². The van der Waals surface area contributed by atoms with Crippen LogP contribution >= 0.6 is 0 Å². The van der Waals surface area contributed by atoms with Crippen LogP contribution in [0, 0.1) is 0 Å². The Morgan fingerprint density at radius 3 is 2.68 bits per heavy atom. The van der Waals surface area contributed by atoms with E-state index in [9.17, 15) is 9.59 Å².